The summed E-state index contributed by atoms with van der Waals surface area (Å²) < 4.78 is 0. The van der Waals surface area contributed by atoms with Crippen LogP contribution >= 0.6 is 0 Å². The highest BCUT2D eigenvalue weighted by Gasteiger charge is 2.22. The number of aliphatic carboxylic acids is 13. The van der Waals surface area contributed by atoms with Crippen LogP contribution in [-0.2, 0) is 97.6 Å². The van der Waals surface area contributed by atoms with E-state index in [1.807, 2.05) is 30.3 Å². The molecular formula is C70H120N20O32. The number of nitrogens with zero attached hydrogens (tertiary/aromatic N) is 1. The molecule has 52 nitrogen and oxygen atoms in total. The maximum atomic E-state index is 10.4. The molecule has 2 amide bonds. The van der Waals surface area contributed by atoms with Crippen LogP contribution in [0.25, 0.3) is 0 Å². The molecule has 2 heterocycles. The number of carboxylic acid groups (broad SMARTS) is 13. The molecule has 51 N–H and O–H groups in total. The summed E-state index contributed by atoms with van der Waals surface area (Å²) in [6, 6.07) is 11.0. The molecule has 1 fully saturated rings. The molecule has 1 aromatic heterocycles. The van der Waals surface area contributed by atoms with Crippen LogP contribution in [-0.4, -0.2) is 297 Å². The maximum absolute atomic E-state index is 10.4. The third-order valence-electron chi connectivity index (χ3n) is 14.1. The highest BCUT2D eigenvalue weighted by atomic mass is 16.4. The molecular weight excluding hydrogens is 1630 g/mol. The van der Waals surface area contributed by atoms with Crippen molar-refractivity contribution in [3.05, 3.63) is 114 Å². The lowest BCUT2D eigenvalue weighted by Gasteiger charge is -2.06. The van der Waals surface area contributed by atoms with E-state index in [4.69, 9.17) is 172 Å². The van der Waals surface area contributed by atoms with Crippen molar-refractivity contribution in [1.82, 2.24) is 20.6 Å². The molecule has 1 aliphatic rings. The van der Waals surface area contributed by atoms with Crippen molar-refractivity contribution in [2.75, 3.05) is 26.2 Å². The van der Waals surface area contributed by atoms with Gasteiger partial charge in [0, 0.05) is 25.6 Å². The summed E-state index contributed by atoms with van der Waals surface area (Å²) in [5.41, 5.74) is 79.0. The smallest absolute Gasteiger partial charge is 0.323 e. The van der Waals surface area contributed by atoms with Crippen LogP contribution in [0, 0.1) is 5.41 Å². The molecule has 0 radical (unpaired) electrons. The third kappa shape index (κ3) is 78.4. The summed E-state index contributed by atoms with van der Waals surface area (Å²) in [6.07, 6.45) is 7.54. The van der Waals surface area contributed by atoms with Gasteiger partial charge in [0.05, 0.1) is 37.6 Å². The predicted molar refractivity (Wildman–Crippen MR) is 432 cm³/mol. The summed E-state index contributed by atoms with van der Waals surface area (Å²) in [7, 11) is 0. The second-order valence-corrected chi connectivity index (χ2v) is 25.0. The molecule has 52 heteroatoms. The quantitative estimate of drug-likeness (QED) is 0.0113. The van der Waals surface area contributed by atoms with Crippen molar-refractivity contribution in [3.8, 4) is 11.5 Å². The number of hydrogen-bond acceptors (Lipinski definition) is 34. The number of hydrogen-bond donors (Lipinski definition) is 36. The average molecular weight is 1750 g/mol. The number of aromatic nitrogens is 2. The lowest BCUT2D eigenvalue weighted by atomic mass is 10.1. The predicted octanol–water partition coefficient (Wildman–Crippen LogP) is -8.31. The second-order valence-electron chi connectivity index (χ2n) is 25.0. The number of carbonyl (C=O) groups excluding carboxylic acids is 2. The fourth-order valence-corrected chi connectivity index (χ4v) is 7.10. The molecule has 0 spiro atoms. The summed E-state index contributed by atoms with van der Waals surface area (Å²) in [5, 5.41) is 154. The maximum Gasteiger partial charge on any atom is 0.323 e. The minimum absolute atomic E-state index is 0.0213. The number of imidazole rings is 1. The number of carboxylic acids is 13. The van der Waals surface area contributed by atoms with E-state index in [-0.39, 0.29) is 62.0 Å². The normalized spacial score (nSPS) is 13.9. The average Bonchev–Trinajstić information content (AvgIpc) is 1.60. The molecule has 0 bridgehead atoms. The molecule has 1 aliphatic heterocycles. The zero-order valence-corrected chi connectivity index (χ0v) is 66.4. The minimum Gasteiger partial charge on any atom is -0.508 e. The van der Waals surface area contributed by atoms with Gasteiger partial charge in [-0.05, 0) is 125 Å². The number of aromatic amines is 1. The number of amides is 2. The Kier molecular flexibility index (Phi) is 73.6. The number of primary amides is 2. The van der Waals surface area contributed by atoms with Gasteiger partial charge in [0.25, 0.3) is 0 Å². The van der Waals surface area contributed by atoms with E-state index in [9.17, 15) is 71.9 Å². The van der Waals surface area contributed by atoms with Gasteiger partial charge in [0.2, 0.25) is 11.8 Å². The van der Waals surface area contributed by atoms with Gasteiger partial charge in [0.15, 0.2) is 5.96 Å². The van der Waals surface area contributed by atoms with Crippen molar-refractivity contribution < 1.29 is 159 Å². The lowest BCUT2D eigenvalue weighted by molar-refractivity contribution is -0.144. The fraction of sp³-hybridized carbons (Fsp3) is 0.471. The Hall–Kier alpha value is -12.8. The number of nitrogens with two attached hydrogens (primary N) is 15. The number of aliphatic hydroxyl groups is 2. The number of aliphatic hydroxyl groups excluding tert-OH is 2. The number of unbranched alkanes of at least 4 members (excludes halogenated alkanes) is 1. The topological polar surface area (TPSA) is 1070 Å². The largest absolute Gasteiger partial charge is 0.508 e. The summed E-state index contributed by atoms with van der Waals surface area (Å²) in [4.78, 5) is 158. The van der Waals surface area contributed by atoms with Gasteiger partial charge >= 0.3 is 77.6 Å². The van der Waals surface area contributed by atoms with E-state index in [1.54, 1.807) is 30.5 Å². The van der Waals surface area contributed by atoms with E-state index >= 15 is 0 Å². The summed E-state index contributed by atoms with van der Waals surface area (Å²) >= 11 is 0. The Morgan fingerprint density at radius 2 is 0.820 bits per heavy atom. The summed E-state index contributed by atoms with van der Waals surface area (Å²) in [6.45, 7) is 2.77. The SMILES string of the molecule is C[C@@H](O)[C@H](N)C(=O)O.N=C(N)NCCC[C@H](N)C(=O)O.NC(=O)CC[C@H](N)C(=O)O.NC(=O)C[C@H](N)C(=O)O.NCCCC[C@H](N)C(=O)O.N[C@@H](CC(=O)O)C(=O)O.N[C@@H](CO)C(=O)O.N[C@@H](Cc1c[nH]cn1)C(=O)O.N[C@@H](Cc1ccc(O)cc1)C(=O)O.N[C@@H](Cc1ccc(O)cc1)C(=O)O.N[C@@H](Cc1ccccc1)C(=O)O.O=C(O)[C@@H]1CCCN1. The van der Waals surface area contributed by atoms with Crippen LogP contribution in [0.3, 0.4) is 0 Å². The van der Waals surface area contributed by atoms with Crippen LogP contribution in [0.2, 0.25) is 0 Å². The zero-order valence-electron chi connectivity index (χ0n) is 66.4. The first-order valence-electron chi connectivity index (χ1n) is 35.7. The first-order chi connectivity index (χ1) is 56.4. The minimum atomic E-state index is -1.29. The van der Waals surface area contributed by atoms with Gasteiger partial charge in [-0.3, -0.25) is 77.3 Å². The van der Waals surface area contributed by atoms with E-state index in [0.717, 1.165) is 48.9 Å². The molecule has 0 saturated carbocycles. The van der Waals surface area contributed by atoms with Crippen LogP contribution in [0.15, 0.2) is 91.4 Å². The first-order valence-corrected chi connectivity index (χ1v) is 35.7. The molecule has 5 rings (SSSR count). The number of phenols is 2. The van der Waals surface area contributed by atoms with Gasteiger partial charge in [0.1, 0.15) is 84.0 Å². The van der Waals surface area contributed by atoms with Crippen molar-refractivity contribution in [2.45, 2.75) is 182 Å². The first kappa shape index (κ1) is 122. The van der Waals surface area contributed by atoms with Gasteiger partial charge in [-0.25, -0.2) is 4.98 Å². The number of carbonyl (C=O) groups is 15. The van der Waals surface area contributed by atoms with Crippen molar-refractivity contribution in [1.29, 1.82) is 5.41 Å². The fourth-order valence-electron chi connectivity index (χ4n) is 7.10. The third-order valence-corrected chi connectivity index (χ3v) is 14.1. The number of nitrogens with one attached hydrogen (secondary N) is 4. The van der Waals surface area contributed by atoms with Crippen LogP contribution < -0.4 is 96.6 Å². The van der Waals surface area contributed by atoms with E-state index in [2.05, 4.69) is 26.3 Å². The van der Waals surface area contributed by atoms with Gasteiger partial charge in [-0.1, -0.05) is 61.0 Å². The Bertz CT molecular complexity index is 3560. The van der Waals surface area contributed by atoms with Crippen LogP contribution in [0.1, 0.15) is 99.9 Å². The highest BCUT2D eigenvalue weighted by Crippen LogP contribution is 2.12. The molecule has 4 aromatic rings. The van der Waals surface area contributed by atoms with Crippen molar-refractivity contribution in [3.63, 3.8) is 0 Å². The zero-order chi connectivity index (χ0) is 96.1. The Balaban J connectivity index is -0.000000238. The van der Waals surface area contributed by atoms with E-state index < -0.39 is 175 Å². The number of rotatable bonds is 37. The highest BCUT2D eigenvalue weighted by molar-refractivity contribution is 5.83. The monoisotopic (exact) mass is 1750 g/mol. The van der Waals surface area contributed by atoms with Gasteiger partial charge < -0.3 is 188 Å². The molecule has 122 heavy (non-hydrogen) atoms. The molecule has 692 valence electrons. The number of guanidine groups is 1. The van der Waals surface area contributed by atoms with Crippen LogP contribution in [0.5, 0.6) is 11.5 Å². The number of H-pyrrole nitrogens is 1. The standard InChI is InChI=1S/2C9H11NO3.C9H11NO2.C6H14N4O2.C6H9N3O2.C6H14N2O2.C5H10N2O3.C5H9NO2.C4H8N2O3.C4H7NO4.C4H9NO3.C3H7NO3/c2*10-8(9(12)13)5-6-1-3-7(11)4-2-6;10-8(9(11)12)6-7-4-2-1-3-5-7;7-4(5(11)12)2-1-3-10-6(8)9;7-5(6(10)11)1-4-2-8-3-9-4;7-4-2-1-3-5(8)6(9)10;6-3(5(9)10)1-2-4(7)8;7-5(8)4-2-1-3-6-4;2*5-2(4(8)9)1-3(6)7;1-2(6)3(5)4(7)8;4-2(1-5)3(6)7/h2*1-4,8,11H,5,10H2,(H,12,13);1-5,8H,6,10H2,(H,11,12);4H,1-3,7H2,(H,11,12)(H4,8,9,10);2-3,5H,1,7H2,(H,8,9)(H,10,11);5H,1-4,7-8H2,(H,9,10);3H,1-2,6H2,(H2,7,8)(H,9,10);4,6H,1-3H2,(H,7,8);2H,1,5H2,(H2,6,7)(H,8,9);2H,1,5H2,(H,6,7)(H,8,9);2-3,6H,5H2,1H3,(H,7,8);2,5H,1,4H2,(H,6,7)/t3*8-;4-;2*5-;3-;4-;2*2-;2-,3+;2-/m000000000010/s1. The van der Waals surface area contributed by atoms with E-state index in [0.29, 0.717) is 44.5 Å². The molecule has 0 aliphatic carbocycles. The molecule has 1 saturated heterocycles. The number of aromatic hydroxyl groups is 2. The Morgan fingerprint density at radius 3 is 1.07 bits per heavy atom. The summed E-state index contributed by atoms with van der Waals surface area (Å²) in [5.74, 6) is -14.9. The Labute approximate surface area is 697 Å². The number of phenolic OH excluding ortho intramolecular Hbond substituents is 2. The van der Waals surface area contributed by atoms with Crippen molar-refractivity contribution in [2.24, 2.45) is 86.0 Å². The van der Waals surface area contributed by atoms with Gasteiger partial charge in [-0.2, -0.15) is 0 Å². The number of benzene rings is 3. The van der Waals surface area contributed by atoms with Crippen LogP contribution in [0.4, 0.5) is 0 Å². The second kappa shape index (κ2) is 73.3. The van der Waals surface area contributed by atoms with E-state index in [1.165, 1.54) is 37.5 Å². The molecule has 13 atom stereocenters. The molecule has 3 aromatic carbocycles. The lowest BCUT2D eigenvalue weighted by Crippen LogP contribution is -2.39. The van der Waals surface area contributed by atoms with Crippen molar-refractivity contribution >= 4 is 95.4 Å². The van der Waals surface area contributed by atoms with Gasteiger partial charge in [-0.15, -0.1) is 0 Å². The molecule has 0 unspecified atom stereocenters. The Morgan fingerprint density at radius 1 is 0.459 bits per heavy atom.